The van der Waals surface area contributed by atoms with Crippen LogP contribution >= 0.6 is 0 Å². The SMILES string of the molecule is Cc1cc(OCCCCCC2CCCC(c3noc4cc(F)ccc34)CC2)cc2c1CCN(C)C2=O. The molecule has 1 aliphatic heterocycles. The van der Waals surface area contributed by atoms with Gasteiger partial charge in [-0.3, -0.25) is 4.79 Å². The Balaban J connectivity index is 1.04. The van der Waals surface area contributed by atoms with Gasteiger partial charge in [-0.05, 0) is 80.3 Å². The Morgan fingerprint density at radius 1 is 1.11 bits per heavy atom. The maximum absolute atomic E-state index is 13.5. The second kappa shape index (κ2) is 11.0. The van der Waals surface area contributed by atoms with Crippen LogP contribution in [0.25, 0.3) is 11.0 Å². The number of carbonyl (C=O) groups excluding carboxylic acids is 1. The standard InChI is InChI=1S/C30H37FN2O3/c1-20-17-24(19-27-25(20)14-15-33(2)30(27)34)35-16-5-3-4-7-21-8-6-9-22(11-10-21)29-26-13-12-23(31)18-28(26)36-32-29/h12-13,17-19,21-22H,3-11,14-16H2,1-2H3. The van der Waals surface area contributed by atoms with Crippen molar-refractivity contribution < 1.29 is 18.4 Å². The minimum absolute atomic E-state index is 0.0982. The zero-order valence-corrected chi connectivity index (χ0v) is 21.5. The first kappa shape index (κ1) is 24.8. The lowest BCUT2D eigenvalue weighted by Crippen LogP contribution is -2.34. The number of likely N-dealkylation sites (N-methyl/N-ethyl adjacent to an activating group) is 1. The topological polar surface area (TPSA) is 55.6 Å². The van der Waals surface area contributed by atoms with Crippen LogP contribution in [0.4, 0.5) is 4.39 Å². The van der Waals surface area contributed by atoms with Crippen molar-refractivity contribution in [1.82, 2.24) is 10.1 Å². The molecule has 2 unspecified atom stereocenters. The number of carbonyl (C=O) groups is 1. The van der Waals surface area contributed by atoms with Crippen molar-refractivity contribution in [3.8, 4) is 5.75 Å². The van der Waals surface area contributed by atoms with E-state index in [1.807, 2.05) is 19.2 Å². The number of amides is 1. The van der Waals surface area contributed by atoms with E-state index in [2.05, 4.69) is 18.1 Å². The van der Waals surface area contributed by atoms with Crippen LogP contribution < -0.4 is 4.74 Å². The van der Waals surface area contributed by atoms with E-state index < -0.39 is 0 Å². The number of hydrogen-bond donors (Lipinski definition) is 0. The molecule has 1 saturated carbocycles. The van der Waals surface area contributed by atoms with Crippen molar-refractivity contribution in [3.05, 3.63) is 58.5 Å². The molecule has 5 nitrogen and oxygen atoms in total. The normalized spacial score (nSPS) is 20.4. The van der Waals surface area contributed by atoms with Crippen LogP contribution in [0.1, 0.15) is 90.9 Å². The van der Waals surface area contributed by atoms with Gasteiger partial charge < -0.3 is 14.2 Å². The summed E-state index contributed by atoms with van der Waals surface area (Å²) in [6, 6.07) is 8.74. The zero-order chi connectivity index (χ0) is 25.1. The van der Waals surface area contributed by atoms with Gasteiger partial charge in [0, 0.05) is 36.5 Å². The van der Waals surface area contributed by atoms with E-state index in [4.69, 9.17) is 9.26 Å². The largest absolute Gasteiger partial charge is 0.494 e. The van der Waals surface area contributed by atoms with E-state index in [1.54, 1.807) is 4.90 Å². The van der Waals surface area contributed by atoms with Crippen LogP contribution in [-0.2, 0) is 6.42 Å². The monoisotopic (exact) mass is 492 g/mol. The Morgan fingerprint density at radius 2 is 2.00 bits per heavy atom. The average molecular weight is 493 g/mol. The highest BCUT2D eigenvalue weighted by atomic mass is 19.1. The van der Waals surface area contributed by atoms with Gasteiger partial charge in [0.2, 0.25) is 0 Å². The summed E-state index contributed by atoms with van der Waals surface area (Å²) in [6.45, 7) is 3.55. The van der Waals surface area contributed by atoms with Crippen LogP contribution in [0, 0.1) is 18.7 Å². The van der Waals surface area contributed by atoms with Crippen molar-refractivity contribution >= 4 is 16.9 Å². The summed E-state index contributed by atoms with van der Waals surface area (Å²) in [4.78, 5) is 14.3. The van der Waals surface area contributed by atoms with Crippen molar-refractivity contribution in [2.45, 2.75) is 77.0 Å². The van der Waals surface area contributed by atoms with E-state index in [0.29, 0.717) is 18.1 Å². The first-order valence-corrected chi connectivity index (χ1v) is 13.6. The molecule has 192 valence electrons. The molecule has 1 fully saturated rings. The summed E-state index contributed by atoms with van der Waals surface area (Å²) in [6.07, 6.45) is 11.5. The number of aromatic nitrogens is 1. The quantitative estimate of drug-likeness (QED) is 0.246. The molecule has 2 aliphatic rings. The van der Waals surface area contributed by atoms with Gasteiger partial charge in [0.1, 0.15) is 11.6 Å². The molecule has 0 bridgehead atoms. The van der Waals surface area contributed by atoms with E-state index >= 15 is 0 Å². The highest BCUT2D eigenvalue weighted by molar-refractivity contribution is 5.97. The van der Waals surface area contributed by atoms with Crippen molar-refractivity contribution in [2.75, 3.05) is 20.2 Å². The predicted octanol–water partition coefficient (Wildman–Crippen LogP) is 7.21. The first-order valence-electron chi connectivity index (χ1n) is 13.6. The van der Waals surface area contributed by atoms with Gasteiger partial charge in [-0.2, -0.15) is 0 Å². The van der Waals surface area contributed by atoms with E-state index in [-0.39, 0.29) is 11.7 Å². The number of ether oxygens (including phenoxy) is 1. The van der Waals surface area contributed by atoms with Crippen LogP contribution in [-0.4, -0.2) is 36.2 Å². The highest BCUT2D eigenvalue weighted by Gasteiger charge is 2.25. The summed E-state index contributed by atoms with van der Waals surface area (Å²) in [7, 11) is 1.86. The number of aryl methyl sites for hydroxylation is 1. The molecule has 5 rings (SSSR count). The molecular weight excluding hydrogens is 455 g/mol. The summed E-state index contributed by atoms with van der Waals surface area (Å²) < 4.78 is 24.9. The molecule has 0 saturated heterocycles. The Bertz CT molecular complexity index is 1220. The Hall–Kier alpha value is -2.89. The second-order valence-corrected chi connectivity index (χ2v) is 10.7. The number of unbranched alkanes of at least 4 members (excludes halogenated alkanes) is 2. The van der Waals surface area contributed by atoms with Crippen LogP contribution in [0.5, 0.6) is 5.75 Å². The summed E-state index contributed by atoms with van der Waals surface area (Å²) in [5.74, 6) is 1.80. The third-order valence-electron chi connectivity index (χ3n) is 8.18. The molecule has 1 aromatic heterocycles. The molecule has 6 heteroatoms. The zero-order valence-electron chi connectivity index (χ0n) is 21.5. The van der Waals surface area contributed by atoms with Gasteiger partial charge in [-0.15, -0.1) is 0 Å². The lowest BCUT2D eigenvalue weighted by atomic mass is 9.91. The molecule has 36 heavy (non-hydrogen) atoms. The van der Waals surface area contributed by atoms with Crippen molar-refractivity contribution in [2.24, 2.45) is 5.92 Å². The number of fused-ring (bicyclic) bond motifs is 2. The first-order chi connectivity index (χ1) is 17.5. The lowest BCUT2D eigenvalue weighted by Gasteiger charge is -2.26. The van der Waals surface area contributed by atoms with E-state index in [9.17, 15) is 9.18 Å². The molecule has 0 radical (unpaired) electrons. The van der Waals surface area contributed by atoms with E-state index in [1.165, 1.54) is 49.8 Å². The molecule has 2 aromatic carbocycles. The smallest absolute Gasteiger partial charge is 0.254 e. The van der Waals surface area contributed by atoms with Crippen molar-refractivity contribution in [3.63, 3.8) is 0 Å². The average Bonchev–Trinajstić information content (AvgIpc) is 3.13. The number of rotatable bonds is 8. The van der Waals surface area contributed by atoms with Crippen LogP contribution in [0.15, 0.2) is 34.9 Å². The summed E-state index contributed by atoms with van der Waals surface area (Å²) in [5, 5.41) is 5.27. The van der Waals surface area contributed by atoms with Gasteiger partial charge in [0.05, 0.1) is 12.3 Å². The van der Waals surface area contributed by atoms with Gasteiger partial charge in [-0.25, -0.2) is 4.39 Å². The lowest BCUT2D eigenvalue weighted by molar-refractivity contribution is 0.0780. The van der Waals surface area contributed by atoms with Gasteiger partial charge in [-0.1, -0.05) is 37.3 Å². The van der Waals surface area contributed by atoms with Gasteiger partial charge >= 0.3 is 0 Å². The third-order valence-corrected chi connectivity index (χ3v) is 8.18. The fourth-order valence-corrected chi connectivity index (χ4v) is 6.04. The molecule has 3 aromatic rings. The number of halogens is 1. The van der Waals surface area contributed by atoms with E-state index in [0.717, 1.165) is 72.5 Å². The Kier molecular flexibility index (Phi) is 7.59. The Labute approximate surface area is 213 Å². The number of nitrogens with zero attached hydrogens (tertiary/aromatic N) is 2. The van der Waals surface area contributed by atoms with Gasteiger partial charge in [0.15, 0.2) is 5.58 Å². The van der Waals surface area contributed by atoms with Crippen LogP contribution in [0.2, 0.25) is 0 Å². The fourth-order valence-electron chi connectivity index (χ4n) is 6.04. The number of hydrogen-bond acceptors (Lipinski definition) is 4. The van der Waals surface area contributed by atoms with Gasteiger partial charge in [0.25, 0.3) is 5.91 Å². The minimum Gasteiger partial charge on any atom is -0.494 e. The molecule has 1 aliphatic carbocycles. The number of benzene rings is 2. The molecule has 2 atom stereocenters. The fraction of sp³-hybridized carbons (Fsp3) is 0.533. The second-order valence-electron chi connectivity index (χ2n) is 10.7. The maximum Gasteiger partial charge on any atom is 0.254 e. The summed E-state index contributed by atoms with van der Waals surface area (Å²) >= 11 is 0. The van der Waals surface area contributed by atoms with Crippen LogP contribution in [0.3, 0.4) is 0 Å². The molecular formula is C30H37FN2O3. The molecule has 0 N–H and O–H groups in total. The third kappa shape index (κ3) is 5.42. The molecule has 0 spiro atoms. The Morgan fingerprint density at radius 3 is 2.89 bits per heavy atom. The summed E-state index contributed by atoms with van der Waals surface area (Å²) in [5.41, 5.74) is 4.69. The highest BCUT2D eigenvalue weighted by Crippen LogP contribution is 2.38. The molecule has 2 heterocycles. The predicted molar refractivity (Wildman–Crippen MR) is 139 cm³/mol. The molecule has 1 amide bonds. The maximum atomic E-state index is 13.5. The van der Waals surface area contributed by atoms with Crippen molar-refractivity contribution in [1.29, 1.82) is 0 Å². The minimum atomic E-state index is -0.280.